The summed E-state index contributed by atoms with van der Waals surface area (Å²) in [6, 6.07) is 10.8. The second kappa shape index (κ2) is 4.19. The molecule has 1 aliphatic rings. The number of pyridine rings is 1. The van der Waals surface area contributed by atoms with Gasteiger partial charge in [0.25, 0.3) is 0 Å². The van der Waals surface area contributed by atoms with Crippen molar-refractivity contribution in [1.82, 2.24) is 19.7 Å². The second-order valence-electron chi connectivity index (χ2n) is 6.19. The first-order chi connectivity index (χ1) is 10.8. The molecule has 4 heteroatoms. The van der Waals surface area contributed by atoms with Gasteiger partial charge in [0.05, 0.1) is 5.52 Å². The lowest BCUT2D eigenvalue weighted by atomic mass is 10.0. The molecule has 0 unspecified atom stereocenters. The maximum atomic E-state index is 4.78. The number of nitrogens with zero attached hydrogens (tertiary/aromatic N) is 3. The maximum absolute atomic E-state index is 4.78. The Bertz CT molecular complexity index is 1000. The first-order valence-electron chi connectivity index (χ1n) is 7.70. The highest BCUT2D eigenvalue weighted by molar-refractivity contribution is 5.96. The van der Waals surface area contributed by atoms with Crippen LogP contribution in [0.3, 0.4) is 0 Å². The predicted octanol–water partition coefficient (Wildman–Crippen LogP) is 3.99. The molecule has 4 aromatic rings. The second-order valence-corrected chi connectivity index (χ2v) is 6.19. The van der Waals surface area contributed by atoms with Crippen LogP contribution in [0.5, 0.6) is 0 Å². The van der Waals surface area contributed by atoms with Crippen LogP contribution in [0.15, 0.2) is 42.7 Å². The molecule has 4 nitrogen and oxygen atoms in total. The summed E-state index contributed by atoms with van der Waals surface area (Å²) < 4.78 is 1.85. The van der Waals surface area contributed by atoms with Gasteiger partial charge in [-0.1, -0.05) is 6.07 Å². The van der Waals surface area contributed by atoms with Crippen molar-refractivity contribution in [2.75, 3.05) is 0 Å². The van der Waals surface area contributed by atoms with Crippen molar-refractivity contribution in [2.45, 2.75) is 18.8 Å². The molecule has 0 aliphatic heterocycles. The Morgan fingerprint density at radius 1 is 1.18 bits per heavy atom. The van der Waals surface area contributed by atoms with Gasteiger partial charge in [-0.3, -0.25) is 4.68 Å². The molecule has 108 valence electrons. The predicted molar refractivity (Wildman–Crippen MR) is 87.8 cm³/mol. The van der Waals surface area contributed by atoms with E-state index >= 15 is 0 Å². The molecular formula is C18H16N4. The number of H-pyrrole nitrogens is 1. The number of nitrogens with one attached hydrogen (secondary N) is 1. The third-order valence-electron chi connectivity index (χ3n) is 4.49. The molecule has 3 aromatic heterocycles. The van der Waals surface area contributed by atoms with Gasteiger partial charge < -0.3 is 4.98 Å². The molecule has 0 spiro atoms. The van der Waals surface area contributed by atoms with Crippen LogP contribution in [-0.4, -0.2) is 19.7 Å². The smallest absolute Gasteiger partial charge is 0.138 e. The van der Waals surface area contributed by atoms with Gasteiger partial charge in [0.2, 0.25) is 0 Å². The number of fused-ring (bicyclic) bond motifs is 2. The Hall–Kier alpha value is -2.62. The van der Waals surface area contributed by atoms with Gasteiger partial charge in [0.15, 0.2) is 0 Å². The number of aromatic nitrogens is 4. The summed E-state index contributed by atoms with van der Waals surface area (Å²) in [5, 5.41) is 6.78. The molecule has 0 atom stereocenters. The van der Waals surface area contributed by atoms with Crippen molar-refractivity contribution in [2.24, 2.45) is 7.05 Å². The van der Waals surface area contributed by atoms with E-state index < -0.39 is 0 Å². The Balaban J connectivity index is 1.67. The van der Waals surface area contributed by atoms with E-state index in [-0.39, 0.29) is 0 Å². The molecular weight excluding hydrogens is 272 g/mol. The molecule has 0 radical (unpaired) electrons. The summed E-state index contributed by atoms with van der Waals surface area (Å²) in [6.07, 6.45) is 6.68. The zero-order valence-corrected chi connectivity index (χ0v) is 12.4. The van der Waals surface area contributed by atoms with Crippen LogP contribution in [0.4, 0.5) is 0 Å². The normalized spacial score (nSPS) is 15.0. The molecule has 1 fully saturated rings. The van der Waals surface area contributed by atoms with Crippen LogP contribution < -0.4 is 0 Å². The maximum Gasteiger partial charge on any atom is 0.138 e. The number of aromatic amines is 1. The summed E-state index contributed by atoms with van der Waals surface area (Å²) >= 11 is 0. The van der Waals surface area contributed by atoms with Crippen LogP contribution >= 0.6 is 0 Å². The topological polar surface area (TPSA) is 46.5 Å². The fourth-order valence-corrected chi connectivity index (χ4v) is 3.18. The molecule has 1 saturated carbocycles. The lowest BCUT2D eigenvalue weighted by Crippen LogP contribution is -1.86. The first kappa shape index (κ1) is 12.0. The molecule has 3 heterocycles. The van der Waals surface area contributed by atoms with Gasteiger partial charge in [0, 0.05) is 47.4 Å². The number of hydrogen-bond acceptors (Lipinski definition) is 2. The monoisotopic (exact) mass is 288 g/mol. The summed E-state index contributed by atoms with van der Waals surface area (Å²) in [5.41, 5.74) is 5.65. The quantitative estimate of drug-likeness (QED) is 0.606. The summed E-state index contributed by atoms with van der Waals surface area (Å²) in [7, 11) is 1.95. The summed E-state index contributed by atoms with van der Waals surface area (Å²) in [6.45, 7) is 0. The number of hydrogen-bond donors (Lipinski definition) is 1. The molecule has 1 aromatic carbocycles. The van der Waals surface area contributed by atoms with E-state index in [1.807, 2.05) is 11.7 Å². The summed E-state index contributed by atoms with van der Waals surface area (Å²) in [5.74, 6) is 0.683. The largest absolute Gasteiger partial charge is 0.346 e. The van der Waals surface area contributed by atoms with Crippen molar-refractivity contribution in [3.63, 3.8) is 0 Å². The molecule has 5 rings (SSSR count). The highest BCUT2D eigenvalue weighted by Crippen LogP contribution is 2.40. The van der Waals surface area contributed by atoms with E-state index in [4.69, 9.17) is 4.98 Å². The summed E-state index contributed by atoms with van der Waals surface area (Å²) in [4.78, 5) is 8.11. The minimum atomic E-state index is 0.683. The molecule has 1 N–H and O–H groups in total. The highest BCUT2D eigenvalue weighted by Gasteiger charge is 2.25. The van der Waals surface area contributed by atoms with Crippen molar-refractivity contribution in [1.29, 1.82) is 0 Å². The van der Waals surface area contributed by atoms with Crippen LogP contribution in [0, 0.1) is 0 Å². The Morgan fingerprint density at radius 2 is 2.09 bits per heavy atom. The highest BCUT2D eigenvalue weighted by atomic mass is 15.2. The van der Waals surface area contributed by atoms with E-state index in [9.17, 15) is 0 Å². The fraction of sp³-hybridized carbons (Fsp3) is 0.222. The molecule has 1 aliphatic carbocycles. The van der Waals surface area contributed by atoms with Gasteiger partial charge in [0.1, 0.15) is 5.65 Å². The Kier molecular flexibility index (Phi) is 2.28. The van der Waals surface area contributed by atoms with Crippen molar-refractivity contribution in [3.8, 4) is 11.1 Å². The lowest BCUT2D eigenvalue weighted by molar-refractivity contribution is 0.780. The molecule has 0 amide bonds. The van der Waals surface area contributed by atoms with Crippen LogP contribution in [-0.2, 0) is 7.05 Å². The van der Waals surface area contributed by atoms with Crippen molar-refractivity contribution < 1.29 is 0 Å². The van der Waals surface area contributed by atoms with Gasteiger partial charge in [-0.25, -0.2) is 4.98 Å². The van der Waals surface area contributed by atoms with Gasteiger partial charge >= 0.3 is 0 Å². The van der Waals surface area contributed by atoms with Crippen molar-refractivity contribution >= 4 is 21.9 Å². The third-order valence-corrected chi connectivity index (χ3v) is 4.49. The first-order valence-corrected chi connectivity index (χ1v) is 7.70. The van der Waals surface area contributed by atoms with Crippen LogP contribution in [0.1, 0.15) is 24.5 Å². The fourth-order valence-electron chi connectivity index (χ4n) is 3.18. The van der Waals surface area contributed by atoms with E-state index in [1.54, 1.807) is 0 Å². The minimum absolute atomic E-state index is 0.683. The molecule has 0 saturated heterocycles. The van der Waals surface area contributed by atoms with E-state index in [0.717, 1.165) is 16.6 Å². The number of aryl methyl sites for hydroxylation is 1. The van der Waals surface area contributed by atoms with Gasteiger partial charge in [-0.2, -0.15) is 5.10 Å². The standard InChI is InChI=1S/C18H16N4/c1-22-10-13-8-12(4-6-17(13)21-22)15-9-19-18-14(15)5-7-16(20-18)11-2-3-11/h4-11H,2-3H2,1H3,(H,19,20). The van der Waals surface area contributed by atoms with E-state index in [2.05, 4.69) is 52.8 Å². The SMILES string of the molecule is Cn1cc2cc(-c3c[nH]c4nc(C5CC5)ccc34)ccc2n1. The zero-order chi connectivity index (χ0) is 14.7. The van der Waals surface area contributed by atoms with E-state index in [0.29, 0.717) is 5.92 Å². The van der Waals surface area contributed by atoms with Gasteiger partial charge in [-0.05, 0) is 42.7 Å². The number of benzene rings is 1. The average molecular weight is 288 g/mol. The molecule has 22 heavy (non-hydrogen) atoms. The van der Waals surface area contributed by atoms with Crippen LogP contribution in [0.25, 0.3) is 33.1 Å². The van der Waals surface area contributed by atoms with Crippen molar-refractivity contribution in [3.05, 3.63) is 48.4 Å². The number of rotatable bonds is 2. The van der Waals surface area contributed by atoms with Crippen LogP contribution in [0.2, 0.25) is 0 Å². The molecule has 0 bridgehead atoms. The third kappa shape index (κ3) is 1.77. The average Bonchev–Trinajstić information content (AvgIpc) is 3.18. The minimum Gasteiger partial charge on any atom is -0.346 e. The van der Waals surface area contributed by atoms with Gasteiger partial charge in [-0.15, -0.1) is 0 Å². The Labute approximate surface area is 127 Å². The zero-order valence-electron chi connectivity index (χ0n) is 12.4. The lowest BCUT2D eigenvalue weighted by Gasteiger charge is -2.01. The Morgan fingerprint density at radius 3 is 2.95 bits per heavy atom. The van der Waals surface area contributed by atoms with E-state index in [1.165, 1.54) is 35.0 Å².